The molecule has 0 amide bonds. The number of piperidine rings is 1. The van der Waals surface area contributed by atoms with Crippen molar-refractivity contribution in [2.45, 2.75) is 19.0 Å². The van der Waals surface area contributed by atoms with E-state index in [0.29, 0.717) is 32.5 Å². The first-order valence-electron chi connectivity index (χ1n) is 4.11. The third kappa shape index (κ3) is 3.60. The van der Waals surface area contributed by atoms with Gasteiger partial charge >= 0.3 is 0 Å². The van der Waals surface area contributed by atoms with Crippen molar-refractivity contribution in [2.75, 3.05) is 25.4 Å². The second kappa shape index (κ2) is 4.89. The summed E-state index contributed by atoms with van der Waals surface area (Å²) in [4.78, 5) is 1.99. The maximum atomic E-state index is 12.6. The van der Waals surface area contributed by atoms with E-state index in [1.807, 2.05) is 4.90 Å². The quantitative estimate of drug-likeness (QED) is 0.607. The summed E-state index contributed by atoms with van der Waals surface area (Å²) in [7, 11) is 0. The highest BCUT2D eigenvalue weighted by atomic mass is 32.2. The molecule has 0 aromatic rings. The van der Waals surface area contributed by atoms with Crippen molar-refractivity contribution in [1.29, 1.82) is 0 Å². The molecule has 1 aliphatic rings. The molecule has 72 valence electrons. The molecule has 1 unspecified atom stereocenters. The minimum absolute atomic E-state index is 0.164. The summed E-state index contributed by atoms with van der Waals surface area (Å²) in [6, 6.07) is 0. The van der Waals surface area contributed by atoms with Crippen LogP contribution in [0.4, 0.5) is 4.39 Å². The Morgan fingerprint density at radius 2 is 2.08 bits per heavy atom. The molecule has 0 aromatic heterocycles. The predicted octanol–water partition coefficient (Wildman–Crippen LogP) is 0.299. The van der Waals surface area contributed by atoms with Gasteiger partial charge in [0, 0.05) is 25.4 Å². The van der Waals surface area contributed by atoms with Crippen LogP contribution in [0.3, 0.4) is 0 Å². The molecule has 0 bridgehead atoms. The molecule has 1 heterocycles. The van der Waals surface area contributed by atoms with Gasteiger partial charge in [-0.05, 0) is 12.8 Å². The van der Waals surface area contributed by atoms with E-state index in [-0.39, 0.29) is 5.75 Å². The second-order valence-electron chi connectivity index (χ2n) is 3.02. The minimum Gasteiger partial charge on any atom is -0.772 e. The van der Waals surface area contributed by atoms with Gasteiger partial charge in [0.05, 0.1) is 0 Å². The normalized spacial score (nSPS) is 24.2. The highest BCUT2D eigenvalue weighted by Gasteiger charge is 2.17. The van der Waals surface area contributed by atoms with E-state index < -0.39 is 17.3 Å². The molecule has 1 atom stereocenters. The number of nitrogens with zero attached hydrogens (tertiary/aromatic N) is 1. The van der Waals surface area contributed by atoms with E-state index >= 15 is 0 Å². The van der Waals surface area contributed by atoms with Crippen LogP contribution < -0.4 is 0 Å². The molecule has 0 radical (unpaired) electrons. The highest BCUT2D eigenvalue weighted by Crippen LogP contribution is 2.12. The maximum absolute atomic E-state index is 12.6. The van der Waals surface area contributed by atoms with Crippen molar-refractivity contribution in [3.8, 4) is 0 Å². The highest BCUT2D eigenvalue weighted by molar-refractivity contribution is 7.79. The van der Waals surface area contributed by atoms with Gasteiger partial charge in [-0.2, -0.15) is 0 Å². The van der Waals surface area contributed by atoms with Crippen molar-refractivity contribution in [1.82, 2.24) is 4.90 Å². The zero-order chi connectivity index (χ0) is 8.97. The predicted molar refractivity (Wildman–Crippen MR) is 44.4 cm³/mol. The lowest BCUT2D eigenvalue weighted by Gasteiger charge is -2.28. The number of alkyl halides is 1. The van der Waals surface area contributed by atoms with Crippen molar-refractivity contribution in [3.05, 3.63) is 0 Å². The summed E-state index contributed by atoms with van der Waals surface area (Å²) in [5, 5.41) is 0. The molecule has 0 saturated carbocycles. The van der Waals surface area contributed by atoms with Crippen LogP contribution in [0, 0.1) is 0 Å². The summed E-state index contributed by atoms with van der Waals surface area (Å²) < 4.78 is 33.0. The van der Waals surface area contributed by atoms with Gasteiger partial charge in [0.2, 0.25) is 0 Å². The van der Waals surface area contributed by atoms with E-state index in [0.717, 1.165) is 0 Å². The Labute approximate surface area is 74.2 Å². The zero-order valence-corrected chi connectivity index (χ0v) is 7.69. The van der Waals surface area contributed by atoms with Gasteiger partial charge in [-0.15, -0.1) is 0 Å². The Bertz CT molecular complexity index is 159. The molecule has 0 aliphatic carbocycles. The van der Waals surface area contributed by atoms with E-state index in [1.54, 1.807) is 0 Å². The average molecular weight is 194 g/mol. The fraction of sp³-hybridized carbons (Fsp3) is 1.00. The number of halogens is 1. The third-order valence-corrected chi connectivity index (χ3v) is 2.61. The minimum atomic E-state index is -1.96. The average Bonchev–Trinajstić information content (AvgIpc) is 2.03. The number of likely N-dealkylation sites (tertiary alicyclic amines) is 1. The number of rotatable bonds is 3. The molecule has 1 aliphatic heterocycles. The third-order valence-electron chi connectivity index (χ3n) is 2.09. The first kappa shape index (κ1) is 10.1. The fourth-order valence-electron chi connectivity index (χ4n) is 1.33. The molecule has 1 saturated heterocycles. The van der Waals surface area contributed by atoms with E-state index in [9.17, 15) is 13.2 Å². The van der Waals surface area contributed by atoms with E-state index in [1.165, 1.54) is 0 Å². The smallest absolute Gasteiger partial charge is 0.103 e. The Morgan fingerprint density at radius 1 is 1.50 bits per heavy atom. The monoisotopic (exact) mass is 194 g/mol. The standard InChI is InChI=1S/C7H14FNO2S/c8-7-1-3-9(4-2-7)5-6-12(10)11/h7H,1-6H2,(H,10,11)/p-1. The number of hydrogen-bond donors (Lipinski definition) is 0. The lowest BCUT2D eigenvalue weighted by atomic mass is 10.1. The SMILES string of the molecule is O=S([O-])CCN1CCC(F)CC1. The lowest BCUT2D eigenvalue weighted by molar-refractivity contribution is 0.157. The molecule has 3 nitrogen and oxygen atoms in total. The summed E-state index contributed by atoms with van der Waals surface area (Å²) in [6.45, 7) is 1.93. The second-order valence-corrected chi connectivity index (χ2v) is 4.04. The van der Waals surface area contributed by atoms with Gasteiger partial charge in [-0.3, -0.25) is 4.21 Å². The fourth-order valence-corrected chi connectivity index (χ4v) is 1.74. The number of hydrogen-bond acceptors (Lipinski definition) is 3. The molecular weight excluding hydrogens is 181 g/mol. The first-order chi connectivity index (χ1) is 5.68. The topological polar surface area (TPSA) is 43.4 Å². The Balaban J connectivity index is 2.13. The molecular formula is C7H13FNO2S-. The summed E-state index contributed by atoms with van der Waals surface area (Å²) in [6.07, 6.45) is 0.413. The van der Waals surface area contributed by atoms with E-state index in [2.05, 4.69) is 0 Å². The molecule has 1 fully saturated rings. The summed E-state index contributed by atoms with van der Waals surface area (Å²) >= 11 is -1.96. The first-order valence-corrected chi connectivity index (χ1v) is 5.35. The van der Waals surface area contributed by atoms with Crippen molar-refractivity contribution < 1.29 is 13.2 Å². The molecule has 0 spiro atoms. The van der Waals surface area contributed by atoms with Crippen LogP contribution in [-0.2, 0) is 11.1 Å². The van der Waals surface area contributed by atoms with Gasteiger partial charge in [0.15, 0.2) is 0 Å². The van der Waals surface area contributed by atoms with Crippen LogP contribution in [0.5, 0.6) is 0 Å². The van der Waals surface area contributed by atoms with Gasteiger partial charge < -0.3 is 9.45 Å². The summed E-state index contributed by atoms with van der Waals surface area (Å²) in [5.74, 6) is 0.164. The Morgan fingerprint density at radius 3 is 2.58 bits per heavy atom. The van der Waals surface area contributed by atoms with Crippen LogP contribution in [0.25, 0.3) is 0 Å². The van der Waals surface area contributed by atoms with Gasteiger partial charge in [-0.1, -0.05) is 11.1 Å². The Hall–Kier alpha value is -0.0000000000000000555. The van der Waals surface area contributed by atoms with Crippen LogP contribution in [0.1, 0.15) is 12.8 Å². The van der Waals surface area contributed by atoms with Crippen LogP contribution in [0.15, 0.2) is 0 Å². The van der Waals surface area contributed by atoms with Gasteiger partial charge in [0.1, 0.15) is 6.17 Å². The van der Waals surface area contributed by atoms with Crippen LogP contribution in [0.2, 0.25) is 0 Å². The molecule has 12 heavy (non-hydrogen) atoms. The van der Waals surface area contributed by atoms with Crippen molar-refractivity contribution in [3.63, 3.8) is 0 Å². The lowest BCUT2D eigenvalue weighted by Crippen LogP contribution is -2.36. The van der Waals surface area contributed by atoms with Crippen LogP contribution in [-0.4, -0.2) is 45.2 Å². The Kier molecular flexibility index (Phi) is 4.11. The van der Waals surface area contributed by atoms with Crippen molar-refractivity contribution >= 4 is 11.1 Å². The summed E-state index contributed by atoms with van der Waals surface area (Å²) in [5.41, 5.74) is 0. The van der Waals surface area contributed by atoms with Gasteiger partial charge in [-0.25, -0.2) is 4.39 Å². The molecule has 0 N–H and O–H groups in total. The van der Waals surface area contributed by atoms with Gasteiger partial charge in [0.25, 0.3) is 0 Å². The molecule has 1 rings (SSSR count). The molecule has 0 aromatic carbocycles. The van der Waals surface area contributed by atoms with Crippen molar-refractivity contribution in [2.24, 2.45) is 0 Å². The molecule has 5 heteroatoms. The van der Waals surface area contributed by atoms with Crippen LogP contribution >= 0.6 is 0 Å². The maximum Gasteiger partial charge on any atom is 0.103 e. The zero-order valence-electron chi connectivity index (χ0n) is 6.87. The van der Waals surface area contributed by atoms with E-state index in [4.69, 9.17) is 0 Å². The largest absolute Gasteiger partial charge is 0.772 e.